The highest BCUT2D eigenvalue weighted by molar-refractivity contribution is 7.73. The molecule has 17 heavy (non-hydrogen) atoms. The fraction of sp³-hybridized carbons (Fsp3) is 0.222. The second-order valence-corrected chi connectivity index (χ2v) is 4.90. The Balaban J connectivity index is 3.29. The summed E-state index contributed by atoms with van der Waals surface area (Å²) >= 11 is 11.5. The van der Waals surface area contributed by atoms with Crippen LogP contribution in [-0.2, 0) is 11.3 Å². The van der Waals surface area contributed by atoms with Gasteiger partial charge in [-0.15, -0.1) is 18.2 Å². The van der Waals surface area contributed by atoms with Crippen molar-refractivity contribution in [1.82, 2.24) is 4.57 Å². The molecule has 0 aliphatic rings. The second-order valence-electron chi connectivity index (χ2n) is 2.99. The van der Waals surface area contributed by atoms with Gasteiger partial charge in [-0.2, -0.15) is 0 Å². The Morgan fingerprint density at radius 2 is 2.29 bits per heavy atom. The molecule has 1 heterocycles. The monoisotopic (exact) mass is 291 g/mol. The fourth-order valence-corrected chi connectivity index (χ4v) is 2.45. The minimum atomic E-state index is -0.645. The van der Waals surface area contributed by atoms with Crippen LogP contribution in [0.2, 0.25) is 0 Å². The van der Waals surface area contributed by atoms with Gasteiger partial charge in [-0.05, 0) is 12.2 Å². The third-order valence-corrected chi connectivity index (χ3v) is 3.52. The first-order valence-corrected chi connectivity index (χ1v) is 6.27. The second kappa shape index (κ2) is 5.95. The number of nitrogens with two attached hydrogens (primary N) is 1. The summed E-state index contributed by atoms with van der Waals surface area (Å²) in [5.74, 6) is -1.01. The number of carbonyl (C=O) groups is 2. The van der Waals surface area contributed by atoms with E-state index in [1.54, 1.807) is 10.6 Å². The molecular weight excluding hydrogens is 282 g/mol. The largest absolute Gasteiger partial charge is 0.365 e. The molecule has 0 saturated carbocycles. The molecule has 0 saturated heterocycles. The lowest BCUT2D eigenvalue weighted by molar-refractivity contribution is -0.114. The molecule has 3 N–H and O–H groups in total. The van der Waals surface area contributed by atoms with Crippen LogP contribution in [-0.4, -0.2) is 22.3 Å². The van der Waals surface area contributed by atoms with Crippen molar-refractivity contribution in [3.05, 3.63) is 21.5 Å². The van der Waals surface area contributed by atoms with Gasteiger partial charge in [-0.1, -0.05) is 17.4 Å². The predicted octanol–water partition coefficient (Wildman–Crippen LogP) is 1.74. The summed E-state index contributed by atoms with van der Waals surface area (Å²) in [6.07, 6.45) is 1.60. The number of rotatable bonds is 5. The molecular formula is C9H10ClN3O2S2. The van der Waals surface area contributed by atoms with Crippen molar-refractivity contribution >= 4 is 52.8 Å². The van der Waals surface area contributed by atoms with Crippen molar-refractivity contribution < 1.29 is 9.59 Å². The van der Waals surface area contributed by atoms with Crippen LogP contribution in [0.25, 0.3) is 0 Å². The average molecular weight is 292 g/mol. The highest BCUT2D eigenvalue weighted by atomic mass is 35.5. The van der Waals surface area contributed by atoms with Crippen LogP contribution < -0.4 is 11.1 Å². The molecule has 0 aliphatic heterocycles. The zero-order valence-corrected chi connectivity index (χ0v) is 11.1. The molecule has 1 aromatic heterocycles. The number of alkyl halides is 1. The summed E-state index contributed by atoms with van der Waals surface area (Å²) in [5.41, 5.74) is 5.21. The number of allylic oxidation sites excluding steroid dienone is 1. The summed E-state index contributed by atoms with van der Waals surface area (Å²) in [4.78, 5) is 22.7. The lowest BCUT2D eigenvalue weighted by atomic mass is 10.4. The van der Waals surface area contributed by atoms with Gasteiger partial charge in [0.15, 0.2) is 3.95 Å². The molecule has 5 nitrogen and oxygen atoms in total. The van der Waals surface area contributed by atoms with Gasteiger partial charge in [0.1, 0.15) is 16.6 Å². The third kappa shape index (κ3) is 3.15. The maximum Gasteiger partial charge on any atom is 0.262 e. The van der Waals surface area contributed by atoms with Crippen molar-refractivity contribution in [3.63, 3.8) is 0 Å². The van der Waals surface area contributed by atoms with E-state index in [1.165, 1.54) is 0 Å². The number of hydrogen-bond donors (Lipinski definition) is 2. The van der Waals surface area contributed by atoms with Crippen molar-refractivity contribution in [2.45, 2.75) is 6.54 Å². The van der Waals surface area contributed by atoms with Gasteiger partial charge in [0.05, 0.1) is 0 Å². The number of hydrogen-bond acceptors (Lipinski definition) is 4. The number of anilines is 1. The highest BCUT2D eigenvalue weighted by Gasteiger charge is 2.18. The molecule has 0 bridgehead atoms. The van der Waals surface area contributed by atoms with Gasteiger partial charge in [0.25, 0.3) is 5.91 Å². The molecule has 0 atom stereocenters. The first kappa shape index (κ1) is 13.9. The lowest BCUT2D eigenvalue weighted by Crippen LogP contribution is -2.20. The van der Waals surface area contributed by atoms with Gasteiger partial charge in [0, 0.05) is 6.54 Å². The molecule has 0 radical (unpaired) electrons. The maximum absolute atomic E-state index is 11.3. The summed E-state index contributed by atoms with van der Waals surface area (Å²) in [5, 5.41) is 2.50. The Morgan fingerprint density at radius 1 is 1.65 bits per heavy atom. The molecule has 0 spiro atoms. The predicted molar refractivity (Wildman–Crippen MR) is 71.2 cm³/mol. The van der Waals surface area contributed by atoms with Gasteiger partial charge in [-0.3, -0.25) is 9.59 Å². The Morgan fingerprint density at radius 3 is 2.76 bits per heavy atom. The van der Waals surface area contributed by atoms with Crippen LogP contribution in [0.3, 0.4) is 0 Å². The summed E-state index contributed by atoms with van der Waals surface area (Å²) in [7, 11) is 0. The maximum atomic E-state index is 11.3. The average Bonchev–Trinajstić information content (AvgIpc) is 2.58. The minimum absolute atomic E-state index is 0.204. The number of nitrogens with one attached hydrogen (secondary N) is 1. The van der Waals surface area contributed by atoms with Crippen molar-refractivity contribution in [2.75, 3.05) is 11.2 Å². The molecule has 1 aromatic rings. The number of halogens is 1. The van der Waals surface area contributed by atoms with Crippen molar-refractivity contribution in [2.24, 2.45) is 5.73 Å². The van der Waals surface area contributed by atoms with Gasteiger partial charge < -0.3 is 15.6 Å². The SMILES string of the molecule is C=CCn1c(NC(=O)CCl)c(C(N)=O)sc1=S. The molecule has 0 aliphatic carbocycles. The Hall–Kier alpha value is -1.18. The van der Waals surface area contributed by atoms with E-state index in [1.807, 2.05) is 0 Å². The van der Waals surface area contributed by atoms with Crippen molar-refractivity contribution in [3.8, 4) is 0 Å². The van der Waals surface area contributed by atoms with Crippen LogP contribution in [0, 0.1) is 3.95 Å². The zero-order chi connectivity index (χ0) is 13.0. The summed E-state index contributed by atoms with van der Waals surface area (Å²) in [6.45, 7) is 3.95. The third-order valence-electron chi connectivity index (χ3n) is 1.81. The van der Waals surface area contributed by atoms with E-state index in [-0.39, 0.29) is 16.6 Å². The van der Waals surface area contributed by atoms with Crippen LogP contribution in [0.5, 0.6) is 0 Å². The van der Waals surface area contributed by atoms with Crippen LogP contribution in [0.1, 0.15) is 9.67 Å². The number of primary amides is 1. The Bertz CT molecular complexity index is 521. The van der Waals surface area contributed by atoms with Crippen LogP contribution in [0.15, 0.2) is 12.7 Å². The molecule has 0 unspecified atom stereocenters. The van der Waals surface area contributed by atoms with E-state index in [9.17, 15) is 9.59 Å². The first-order chi connectivity index (χ1) is 8.01. The molecule has 2 amide bonds. The molecule has 92 valence electrons. The van der Waals surface area contributed by atoms with E-state index in [0.29, 0.717) is 10.5 Å². The molecule has 0 aromatic carbocycles. The molecule has 1 rings (SSSR count). The quantitative estimate of drug-likeness (QED) is 0.493. The van der Waals surface area contributed by atoms with Gasteiger partial charge in [-0.25, -0.2) is 0 Å². The zero-order valence-electron chi connectivity index (χ0n) is 8.73. The minimum Gasteiger partial charge on any atom is -0.365 e. The van der Waals surface area contributed by atoms with E-state index < -0.39 is 11.8 Å². The fourth-order valence-electron chi connectivity index (χ4n) is 1.16. The molecule has 8 heteroatoms. The van der Waals surface area contributed by atoms with Gasteiger partial charge >= 0.3 is 0 Å². The van der Waals surface area contributed by atoms with Gasteiger partial charge in [0.2, 0.25) is 5.91 Å². The summed E-state index contributed by atoms with van der Waals surface area (Å²) in [6, 6.07) is 0. The van der Waals surface area contributed by atoms with Crippen LogP contribution >= 0.6 is 35.2 Å². The normalized spacial score (nSPS) is 9.94. The van der Waals surface area contributed by atoms with E-state index in [0.717, 1.165) is 11.3 Å². The van der Waals surface area contributed by atoms with Crippen LogP contribution in [0.4, 0.5) is 5.82 Å². The Kier molecular flexibility index (Phi) is 4.86. The van der Waals surface area contributed by atoms with E-state index >= 15 is 0 Å². The smallest absolute Gasteiger partial charge is 0.262 e. The van der Waals surface area contributed by atoms with E-state index in [4.69, 9.17) is 29.6 Å². The first-order valence-electron chi connectivity index (χ1n) is 4.51. The number of thiazole rings is 1. The standard InChI is InChI=1S/C9H10ClN3O2S2/c1-2-3-13-8(12-5(14)4-10)6(7(11)15)17-9(13)16/h2H,1,3-4H2,(H2,11,15)(H,12,14). The number of carbonyl (C=O) groups excluding carboxylic acids is 2. The molecule has 0 fully saturated rings. The lowest BCUT2D eigenvalue weighted by Gasteiger charge is -2.08. The summed E-state index contributed by atoms with van der Waals surface area (Å²) < 4.78 is 2.00. The number of amides is 2. The van der Waals surface area contributed by atoms with E-state index in [2.05, 4.69) is 11.9 Å². The number of aromatic nitrogens is 1. The Labute approximate surface area is 112 Å². The highest BCUT2D eigenvalue weighted by Crippen LogP contribution is 2.24. The number of nitrogens with zero attached hydrogens (tertiary/aromatic N) is 1. The van der Waals surface area contributed by atoms with Crippen molar-refractivity contribution in [1.29, 1.82) is 0 Å². The topological polar surface area (TPSA) is 77.1 Å².